The first-order chi connectivity index (χ1) is 14.8. The zero-order valence-corrected chi connectivity index (χ0v) is 16.5. The van der Waals surface area contributed by atoms with Crippen molar-refractivity contribution in [3.8, 4) is 5.75 Å². The fraction of sp³-hybridized carbons (Fsp3) is 0.381. The molecule has 1 saturated carbocycles. The average molecular weight is 439 g/mol. The minimum atomic E-state index is -1.75. The average Bonchev–Trinajstić information content (AvgIpc) is 3.28. The largest absolute Gasteiger partial charge is 0.479 e. The van der Waals surface area contributed by atoms with Gasteiger partial charge in [-0.3, -0.25) is 9.59 Å². The van der Waals surface area contributed by atoms with E-state index in [1.165, 1.54) is 12.3 Å². The molecule has 0 radical (unpaired) electrons. The van der Waals surface area contributed by atoms with Crippen LogP contribution in [0.1, 0.15) is 31.2 Å². The Hall–Kier alpha value is -3.17. The van der Waals surface area contributed by atoms with E-state index in [1.54, 1.807) is 6.07 Å². The standard InChI is InChI=1S/C21H21F4N3O3/c22-13-8-14(23)19(25)20(18(13)24)31-10-16(29)15(7-11-5-6-17(26)27-9-11)28-21(30)12-3-1-2-4-12/h5-6,8-9,12,15H,1-4,7,10H2,(H2,26,27)(H,28,30). The van der Waals surface area contributed by atoms with Gasteiger partial charge in [0, 0.05) is 24.6 Å². The molecule has 3 rings (SSSR count). The fourth-order valence-electron chi connectivity index (χ4n) is 3.44. The number of pyridine rings is 1. The quantitative estimate of drug-likeness (QED) is 0.487. The van der Waals surface area contributed by atoms with Crippen molar-refractivity contribution in [3.05, 3.63) is 53.2 Å². The molecule has 31 heavy (non-hydrogen) atoms. The third kappa shape index (κ3) is 5.50. The number of benzene rings is 1. The van der Waals surface area contributed by atoms with Crippen molar-refractivity contribution in [3.63, 3.8) is 0 Å². The number of nitrogens with zero attached hydrogens (tertiary/aromatic N) is 1. The Morgan fingerprint density at radius 1 is 1.13 bits per heavy atom. The van der Waals surface area contributed by atoms with E-state index < -0.39 is 47.5 Å². The molecule has 1 unspecified atom stereocenters. The number of carbonyl (C=O) groups excluding carboxylic acids is 2. The number of hydrogen-bond donors (Lipinski definition) is 2. The highest BCUT2D eigenvalue weighted by atomic mass is 19.2. The van der Waals surface area contributed by atoms with Gasteiger partial charge in [0.2, 0.25) is 17.5 Å². The van der Waals surface area contributed by atoms with E-state index in [4.69, 9.17) is 10.5 Å². The summed E-state index contributed by atoms with van der Waals surface area (Å²) in [4.78, 5) is 29.2. The van der Waals surface area contributed by atoms with E-state index in [-0.39, 0.29) is 30.1 Å². The number of carbonyl (C=O) groups is 2. The Balaban J connectivity index is 1.75. The number of halogens is 4. The second-order valence-corrected chi connectivity index (χ2v) is 7.39. The molecule has 3 N–H and O–H groups in total. The number of aromatic nitrogens is 1. The Morgan fingerprint density at radius 3 is 2.35 bits per heavy atom. The Kier molecular flexibility index (Phi) is 7.09. The van der Waals surface area contributed by atoms with Crippen molar-refractivity contribution < 1.29 is 31.9 Å². The molecule has 6 nitrogen and oxygen atoms in total. The lowest BCUT2D eigenvalue weighted by molar-refractivity contribution is -0.131. The van der Waals surface area contributed by atoms with Gasteiger partial charge in [-0.2, -0.15) is 8.78 Å². The highest BCUT2D eigenvalue weighted by Crippen LogP contribution is 2.27. The Morgan fingerprint density at radius 2 is 1.77 bits per heavy atom. The predicted molar refractivity (Wildman–Crippen MR) is 103 cm³/mol. The number of amides is 1. The van der Waals surface area contributed by atoms with E-state index in [9.17, 15) is 27.2 Å². The van der Waals surface area contributed by atoms with Crippen LogP contribution in [0.15, 0.2) is 24.4 Å². The van der Waals surface area contributed by atoms with Crippen LogP contribution >= 0.6 is 0 Å². The minimum Gasteiger partial charge on any atom is -0.479 e. The summed E-state index contributed by atoms with van der Waals surface area (Å²) in [5, 5.41) is 2.65. The summed E-state index contributed by atoms with van der Waals surface area (Å²) in [7, 11) is 0. The summed E-state index contributed by atoms with van der Waals surface area (Å²) in [6, 6.07) is 2.08. The van der Waals surface area contributed by atoms with Crippen LogP contribution in [-0.4, -0.2) is 29.3 Å². The van der Waals surface area contributed by atoms with Gasteiger partial charge in [0.15, 0.2) is 23.2 Å². The maximum Gasteiger partial charge on any atom is 0.223 e. The molecule has 0 spiro atoms. The number of anilines is 1. The summed E-state index contributed by atoms with van der Waals surface area (Å²) in [5.41, 5.74) is 6.12. The molecule has 1 aliphatic carbocycles. The zero-order valence-electron chi connectivity index (χ0n) is 16.5. The Bertz CT molecular complexity index is 937. The van der Waals surface area contributed by atoms with Crippen LogP contribution in [0, 0.1) is 29.2 Å². The molecule has 1 aliphatic rings. The number of ether oxygens (including phenoxy) is 1. The van der Waals surface area contributed by atoms with Crippen molar-refractivity contribution >= 4 is 17.5 Å². The van der Waals surface area contributed by atoms with Crippen molar-refractivity contribution in [1.29, 1.82) is 0 Å². The molecule has 1 amide bonds. The lowest BCUT2D eigenvalue weighted by atomic mass is 10.0. The van der Waals surface area contributed by atoms with Crippen molar-refractivity contribution in [1.82, 2.24) is 10.3 Å². The van der Waals surface area contributed by atoms with Gasteiger partial charge in [-0.15, -0.1) is 0 Å². The number of nitrogens with one attached hydrogen (secondary N) is 1. The number of rotatable bonds is 8. The second kappa shape index (κ2) is 9.76. The van der Waals surface area contributed by atoms with Crippen LogP contribution in [0.2, 0.25) is 0 Å². The van der Waals surface area contributed by atoms with Gasteiger partial charge < -0.3 is 15.8 Å². The van der Waals surface area contributed by atoms with E-state index in [2.05, 4.69) is 10.3 Å². The molecule has 10 heteroatoms. The molecule has 2 aromatic rings. The number of nitrogen functional groups attached to an aromatic ring is 1. The van der Waals surface area contributed by atoms with Crippen molar-refractivity contribution in [2.45, 2.75) is 38.1 Å². The van der Waals surface area contributed by atoms with Gasteiger partial charge >= 0.3 is 0 Å². The molecule has 1 fully saturated rings. The van der Waals surface area contributed by atoms with Gasteiger partial charge in [-0.1, -0.05) is 18.9 Å². The van der Waals surface area contributed by atoms with Crippen LogP contribution in [0.3, 0.4) is 0 Å². The van der Waals surface area contributed by atoms with E-state index in [0.717, 1.165) is 12.8 Å². The number of Topliss-reactive ketones (excluding diaryl/α,β-unsaturated/α-hetero) is 1. The van der Waals surface area contributed by atoms with Crippen LogP contribution in [-0.2, 0) is 16.0 Å². The molecule has 166 valence electrons. The first-order valence-corrected chi connectivity index (χ1v) is 9.75. The SMILES string of the molecule is Nc1ccc(CC(NC(=O)C2CCCC2)C(=O)COc2c(F)c(F)cc(F)c2F)cn1. The maximum atomic E-state index is 13.8. The predicted octanol–water partition coefficient (Wildman–Crippen LogP) is 3.09. The monoisotopic (exact) mass is 439 g/mol. The van der Waals surface area contributed by atoms with Crippen molar-refractivity contribution in [2.24, 2.45) is 5.92 Å². The number of nitrogens with two attached hydrogens (primary N) is 1. The third-order valence-electron chi connectivity index (χ3n) is 5.15. The summed E-state index contributed by atoms with van der Waals surface area (Å²) in [5.74, 6) is -9.14. The molecule has 0 saturated heterocycles. The lowest BCUT2D eigenvalue weighted by Gasteiger charge is -2.20. The molecule has 0 bridgehead atoms. The first-order valence-electron chi connectivity index (χ1n) is 9.75. The molecule has 1 aromatic carbocycles. The minimum absolute atomic E-state index is 0.0242. The van der Waals surface area contributed by atoms with Crippen LogP contribution < -0.4 is 15.8 Å². The van der Waals surface area contributed by atoms with Crippen LogP contribution in [0.5, 0.6) is 5.75 Å². The third-order valence-corrected chi connectivity index (χ3v) is 5.15. The molecular weight excluding hydrogens is 418 g/mol. The first kappa shape index (κ1) is 22.5. The smallest absolute Gasteiger partial charge is 0.223 e. The maximum absolute atomic E-state index is 13.8. The van der Waals surface area contributed by atoms with Gasteiger partial charge in [-0.05, 0) is 24.5 Å². The lowest BCUT2D eigenvalue weighted by Crippen LogP contribution is -2.46. The van der Waals surface area contributed by atoms with Crippen LogP contribution in [0.25, 0.3) is 0 Å². The second-order valence-electron chi connectivity index (χ2n) is 7.39. The zero-order chi connectivity index (χ0) is 22.5. The highest BCUT2D eigenvalue weighted by molar-refractivity contribution is 5.91. The summed E-state index contributed by atoms with van der Waals surface area (Å²) in [6.07, 6.45) is 4.67. The molecular formula is C21H21F4N3O3. The van der Waals surface area contributed by atoms with Crippen molar-refractivity contribution in [2.75, 3.05) is 12.3 Å². The van der Waals surface area contributed by atoms with Gasteiger partial charge in [0.25, 0.3) is 0 Å². The normalized spacial score (nSPS) is 15.0. The topological polar surface area (TPSA) is 94.3 Å². The number of ketones is 1. The van der Waals surface area contributed by atoms with Gasteiger partial charge in [0.05, 0.1) is 6.04 Å². The molecule has 1 aromatic heterocycles. The molecule has 1 atom stereocenters. The summed E-state index contributed by atoms with van der Waals surface area (Å²) >= 11 is 0. The summed E-state index contributed by atoms with van der Waals surface area (Å²) < 4.78 is 59.0. The van der Waals surface area contributed by atoms with Gasteiger partial charge in [-0.25, -0.2) is 13.8 Å². The molecule has 0 aliphatic heterocycles. The highest BCUT2D eigenvalue weighted by Gasteiger charge is 2.29. The summed E-state index contributed by atoms with van der Waals surface area (Å²) in [6.45, 7) is -0.908. The Labute approximate surface area is 175 Å². The molecule has 1 heterocycles. The van der Waals surface area contributed by atoms with E-state index in [1.807, 2.05) is 0 Å². The van der Waals surface area contributed by atoms with E-state index in [0.29, 0.717) is 18.4 Å². The number of hydrogen-bond acceptors (Lipinski definition) is 5. The van der Waals surface area contributed by atoms with E-state index >= 15 is 0 Å². The fourth-order valence-corrected chi connectivity index (χ4v) is 3.44. The van der Waals surface area contributed by atoms with Gasteiger partial charge in [0.1, 0.15) is 12.4 Å². The van der Waals surface area contributed by atoms with Crippen LogP contribution in [0.4, 0.5) is 23.4 Å².